The third-order valence-electron chi connectivity index (χ3n) is 4.74. The summed E-state index contributed by atoms with van der Waals surface area (Å²) in [6.07, 6.45) is 6.08. The fourth-order valence-electron chi connectivity index (χ4n) is 3.61. The van der Waals surface area contributed by atoms with Crippen molar-refractivity contribution in [3.8, 4) is 0 Å². The Morgan fingerprint density at radius 2 is 1.81 bits per heavy atom. The quantitative estimate of drug-likeness (QED) is 0.765. The number of amides is 1. The van der Waals surface area contributed by atoms with Crippen LogP contribution >= 0.6 is 0 Å². The smallest absolute Gasteiger partial charge is 0.254 e. The molecule has 0 unspecified atom stereocenters. The normalized spacial score (nSPS) is 20.7. The van der Waals surface area contributed by atoms with E-state index in [1.165, 1.54) is 0 Å². The van der Waals surface area contributed by atoms with Crippen molar-refractivity contribution < 1.29 is 4.79 Å². The molecule has 1 heterocycles. The zero-order chi connectivity index (χ0) is 18.7. The third-order valence-corrected chi connectivity index (χ3v) is 4.74. The van der Waals surface area contributed by atoms with Crippen LogP contribution in [-0.4, -0.2) is 27.3 Å². The Morgan fingerprint density at radius 1 is 1.15 bits per heavy atom. The molecule has 1 fully saturated rings. The first kappa shape index (κ1) is 18.5. The first-order valence-corrected chi connectivity index (χ1v) is 9.30. The SMILES string of the molecule is CC(C)(C)NC1CCC(n2cc(C(N)=O)c(Nc3ccccc3)n2)CC1. The number of rotatable bonds is 5. The Hall–Kier alpha value is -2.34. The zero-order valence-corrected chi connectivity index (χ0v) is 15.8. The number of para-hydroxylation sites is 1. The van der Waals surface area contributed by atoms with E-state index in [1.807, 2.05) is 35.0 Å². The molecule has 1 aromatic carbocycles. The minimum absolute atomic E-state index is 0.134. The van der Waals surface area contributed by atoms with Crippen molar-refractivity contribution in [2.45, 2.75) is 64.1 Å². The largest absolute Gasteiger partial charge is 0.365 e. The summed E-state index contributed by atoms with van der Waals surface area (Å²) in [5.41, 5.74) is 7.02. The molecule has 0 saturated heterocycles. The maximum atomic E-state index is 11.8. The van der Waals surface area contributed by atoms with Gasteiger partial charge in [-0.1, -0.05) is 18.2 Å². The highest BCUT2D eigenvalue weighted by molar-refractivity contribution is 5.98. The highest BCUT2D eigenvalue weighted by Gasteiger charge is 2.27. The van der Waals surface area contributed by atoms with Crippen LogP contribution in [0.25, 0.3) is 0 Å². The molecule has 0 radical (unpaired) electrons. The predicted molar refractivity (Wildman–Crippen MR) is 105 cm³/mol. The molecule has 0 atom stereocenters. The first-order chi connectivity index (χ1) is 12.3. The molecule has 0 spiro atoms. The number of nitrogens with two attached hydrogens (primary N) is 1. The molecule has 0 aliphatic heterocycles. The van der Waals surface area contributed by atoms with Gasteiger partial charge < -0.3 is 16.4 Å². The van der Waals surface area contributed by atoms with Crippen molar-refractivity contribution in [1.29, 1.82) is 0 Å². The van der Waals surface area contributed by atoms with Crippen molar-refractivity contribution in [1.82, 2.24) is 15.1 Å². The van der Waals surface area contributed by atoms with E-state index in [1.54, 1.807) is 6.20 Å². The van der Waals surface area contributed by atoms with Crippen LogP contribution in [0.2, 0.25) is 0 Å². The maximum Gasteiger partial charge on any atom is 0.254 e. The number of aromatic nitrogens is 2. The molecule has 1 saturated carbocycles. The molecule has 6 heteroatoms. The average molecular weight is 355 g/mol. The van der Waals surface area contributed by atoms with Crippen LogP contribution in [0.5, 0.6) is 0 Å². The molecule has 2 aromatic rings. The number of hydrogen-bond acceptors (Lipinski definition) is 4. The fraction of sp³-hybridized carbons (Fsp3) is 0.500. The van der Waals surface area contributed by atoms with Gasteiger partial charge in [0.2, 0.25) is 0 Å². The van der Waals surface area contributed by atoms with E-state index in [9.17, 15) is 4.79 Å². The summed E-state index contributed by atoms with van der Waals surface area (Å²) in [5, 5.41) is 11.5. The summed E-state index contributed by atoms with van der Waals surface area (Å²) in [6.45, 7) is 6.60. The lowest BCUT2D eigenvalue weighted by Gasteiger charge is -2.34. The highest BCUT2D eigenvalue weighted by atomic mass is 16.1. The van der Waals surface area contributed by atoms with Gasteiger partial charge in [-0.05, 0) is 58.6 Å². The summed E-state index contributed by atoms with van der Waals surface area (Å²) in [6, 6.07) is 10.5. The molecule has 140 valence electrons. The van der Waals surface area contributed by atoms with Gasteiger partial charge in [0, 0.05) is 23.5 Å². The number of primary amides is 1. The Bertz CT molecular complexity index is 739. The van der Waals surface area contributed by atoms with Crippen LogP contribution in [0, 0.1) is 0 Å². The Morgan fingerprint density at radius 3 is 2.38 bits per heavy atom. The van der Waals surface area contributed by atoms with Gasteiger partial charge in [0.1, 0.15) is 5.56 Å². The van der Waals surface area contributed by atoms with Crippen molar-refractivity contribution in [2.75, 3.05) is 5.32 Å². The zero-order valence-electron chi connectivity index (χ0n) is 15.8. The molecule has 1 aliphatic carbocycles. The molecule has 26 heavy (non-hydrogen) atoms. The van der Waals surface area contributed by atoms with Crippen LogP contribution < -0.4 is 16.4 Å². The summed E-state index contributed by atoms with van der Waals surface area (Å²) in [4.78, 5) is 11.8. The standard InChI is InChI=1S/C20H29N5O/c1-20(2,3)23-15-9-11-16(12-10-15)25-13-17(18(21)26)19(24-25)22-14-7-5-4-6-8-14/h4-8,13,15-16,23H,9-12H2,1-3H3,(H2,21,26)(H,22,24). The van der Waals surface area contributed by atoms with Gasteiger partial charge in [0.25, 0.3) is 5.91 Å². The Labute approximate surface area is 155 Å². The number of nitrogens with one attached hydrogen (secondary N) is 2. The van der Waals surface area contributed by atoms with Gasteiger partial charge in [0.05, 0.1) is 6.04 Å². The van der Waals surface area contributed by atoms with Crippen LogP contribution in [-0.2, 0) is 0 Å². The van der Waals surface area contributed by atoms with Crippen LogP contribution in [0.3, 0.4) is 0 Å². The number of anilines is 2. The number of hydrogen-bond donors (Lipinski definition) is 3. The van der Waals surface area contributed by atoms with E-state index in [2.05, 4.69) is 36.5 Å². The first-order valence-electron chi connectivity index (χ1n) is 9.30. The topological polar surface area (TPSA) is 85.0 Å². The lowest BCUT2D eigenvalue weighted by atomic mass is 9.89. The number of carbonyl (C=O) groups excluding carboxylic acids is 1. The highest BCUT2D eigenvalue weighted by Crippen LogP contribution is 2.31. The second-order valence-corrected chi connectivity index (χ2v) is 8.13. The van der Waals surface area contributed by atoms with Crippen molar-refractivity contribution in [2.24, 2.45) is 5.73 Å². The number of benzene rings is 1. The van der Waals surface area contributed by atoms with E-state index in [0.717, 1.165) is 31.4 Å². The molecular formula is C20H29N5O. The van der Waals surface area contributed by atoms with Crippen molar-refractivity contribution in [3.05, 3.63) is 42.1 Å². The second kappa shape index (κ2) is 7.50. The fourth-order valence-corrected chi connectivity index (χ4v) is 3.61. The van der Waals surface area contributed by atoms with Gasteiger partial charge in [-0.25, -0.2) is 0 Å². The lowest BCUT2D eigenvalue weighted by molar-refractivity contribution is 0.100. The van der Waals surface area contributed by atoms with Crippen molar-refractivity contribution in [3.63, 3.8) is 0 Å². The van der Waals surface area contributed by atoms with Crippen LogP contribution in [0.1, 0.15) is 62.9 Å². The number of carbonyl (C=O) groups is 1. The molecule has 6 nitrogen and oxygen atoms in total. The summed E-state index contributed by atoms with van der Waals surface area (Å²) in [5.74, 6) is 0.0661. The van der Waals surface area contributed by atoms with Gasteiger partial charge >= 0.3 is 0 Å². The van der Waals surface area contributed by atoms with Gasteiger partial charge in [0.15, 0.2) is 5.82 Å². The van der Waals surface area contributed by atoms with E-state index >= 15 is 0 Å². The minimum Gasteiger partial charge on any atom is -0.365 e. The minimum atomic E-state index is -0.460. The van der Waals surface area contributed by atoms with E-state index in [-0.39, 0.29) is 5.54 Å². The predicted octanol–water partition coefficient (Wildman–Crippen LogP) is 3.60. The average Bonchev–Trinajstić information content (AvgIpc) is 2.99. The van der Waals surface area contributed by atoms with E-state index < -0.39 is 5.91 Å². The summed E-state index contributed by atoms with van der Waals surface area (Å²) >= 11 is 0. The molecule has 1 amide bonds. The van der Waals surface area contributed by atoms with Crippen molar-refractivity contribution >= 4 is 17.4 Å². The van der Waals surface area contributed by atoms with E-state index in [0.29, 0.717) is 23.5 Å². The molecule has 1 aliphatic rings. The summed E-state index contributed by atoms with van der Waals surface area (Å²) < 4.78 is 1.92. The monoisotopic (exact) mass is 355 g/mol. The van der Waals surface area contributed by atoms with Crippen LogP contribution in [0.4, 0.5) is 11.5 Å². The van der Waals surface area contributed by atoms with Gasteiger partial charge in [-0.15, -0.1) is 0 Å². The van der Waals surface area contributed by atoms with Crippen LogP contribution in [0.15, 0.2) is 36.5 Å². The molecular weight excluding hydrogens is 326 g/mol. The Kier molecular flexibility index (Phi) is 5.32. The summed E-state index contributed by atoms with van der Waals surface area (Å²) in [7, 11) is 0. The van der Waals surface area contributed by atoms with Gasteiger partial charge in [-0.2, -0.15) is 5.10 Å². The van der Waals surface area contributed by atoms with Gasteiger partial charge in [-0.3, -0.25) is 9.48 Å². The molecule has 3 rings (SSSR count). The third kappa shape index (κ3) is 4.64. The molecule has 0 bridgehead atoms. The number of nitrogens with zero attached hydrogens (tertiary/aromatic N) is 2. The van der Waals surface area contributed by atoms with E-state index in [4.69, 9.17) is 5.73 Å². The molecule has 4 N–H and O–H groups in total. The maximum absolute atomic E-state index is 11.8. The Balaban J connectivity index is 1.71. The lowest BCUT2D eigenvalue weighted by Crippen LogP contribution is -2.45. The molecule has 1 aromatic heterocycles. The second-order valence-electron chi connectivity index (χ2n) is 8.13.